The van der Waals surface area contributed by atoms with E-state index < -0.39 is 6.98 Å². The highest BCUT2D eigenvalue weighted by Gasteiger charge is 2.12. The van der Waals surface area contributed by atoms with Crippen LogP contribution in [0.5, 0.6) is 11.5 Å². The van der Waals surface area contributed by atoms with Gasteiger partial charge >= 0.3 is 0 Å². The second-order valence-corrected chi connectivity index (χ2v) is 2.86. The molecule has 3 nitrogen and oxygen atoms in total. The monoisotopic (exact) mass is 182 g/mol. The van der Waals surface area contributed by atoms with Crippen molar-refractivity contribution in [2.75, 3.05) is 20.3 Å². The Hall–Kier alpha value is -1.22. The number of fused-ring (bicyclic) bond motifs is 1. The first-order valence-corrected chi connectivity index (χ1v) is 4.18. The SMILES string of the molecule is [2H]C([2H])([2H])NCCc1ccc2c(c1)OCO2. The summed E-state index contributed by atoms with van der Waals surface area (Å²) in [5.74, 6) is 1.47. The van der Waals surface area contributed by atoms with Crippen LogP contribution in [0, 0.1) is 0 Å². The lowest BCUT2D eigenvalue weighted by molar-refractivity contribution is 0.174. The van der Waals surface area contributed by atoms with Crippen LogP contribution in [0.2, 0.25) is 0 Å². The van der Waals surface area contributed by atoms with E-state index in [0.717, 1.165) is 17.1 Å². The normalized spacial score (nSPS) is 17.7. The summed E-state index contributed by atoms with van der Waals surface area (Å²) in [7, 11) is 0. The van der Waals surface area contributed by atoms with Crippen LogP contribution in [-0.4, -0.2) is 20.3 Å². The number of benzene rings is 1. The van der Waals surface area contributed by atoms with Crippen LogP contribution >= 0.6 is 0 Å². The van der Waals surface area contributed by atoms with Crippen LogP contribution in [0.3, 0.4) is 0 Å². The van der Waals surface area contributed by atoms with Crippen LogP contribution in [0.25, 0.3) is 0 Å². The first-order chi connectivity index (χ1) is 7.54. The number of hydrogen-bond donors (Lipinski definition) is 1. The van der Waals surface area contributed by atoms with Gasteiger partial charge in [0.15, 0.2) is 11.5 Å². The lowest BCUT2D eigenvalue weighted by atomic mass is 10.1. The van der Waals surface area contributed by atoms with E-state index in [1.165, 1.54) is 0 Å². The molecule has 0 aromatic heterocycles. The molecule has 0 atom stereocenters. The Bertz CT molecular complexity index is 379. The minimum absolute atomic E-state index is 0.256. The topological polar surface area (TPSA) is 30.5 Å². The molecule has 0 bridgehead atoms. The fraction of sp³-hybridized carbons (Fsp3) is 0.400. The average molecular weight is 182 g/mol. The summed E-state index contributed by atoms with van der Waals surface area (Å²) in [6, 6.07) is 5.63. The molecule has 13 heavy (non-hydrogen) atoms. The molecule has 1 aromatic carbocycles. The molecule has 0 unspecified atom stereocenters. The highest BCUT2D eigenvalue weighted by atomic mass is 16.7. The minimum Gasteiger partial charge on any atom is -0.454 e. The molecular weight excluding hydrogens is 166 g/mol. The Morgan fingerprint density at radius 1 is 1.46 bits per heavy atom. The number of nitrogens with one attached hydrogen (secondary N) is 1. The van der Waals surface area contributed by atoms with E-state index in [1.807, 2.05) is 18.2 Å². The number of ether oxygens (including phenoxy) is 2. The summed E-state index contributed by atoms with van der Waals surface area (Å²) in [5, 5.41) is 2.47. The number of hydrogen-bond acceptors (Lipinski definition) is 3. The van der Waals surface area contributed by atoms with Gasteiger partial charge in [0, 0.05) is 4.11 Å². The van der Waals surface area contributed by atoms with E-state index in [4.69, 9.17) is 13.6 Å². The van der Waals surface area contributed by atoms with Crippen molar-refractivity contribution >= 4 is 0 Å². The third-order valence-electron chi connectivity index (χ3n) is 1.98. The first kappa shape index (κ1) is 5.50. The molecule has 0 radical (unpaired) electrons. The van der Waals surface area contributed by atoms with Crippen molar-refractivity contribution in [3.63, 3.8) is 0 Å². The molecule has 1 N–H and O–H groups in total. The van der Waals surface area contributed by atoms with Gasteiger partial charge in [0.25, 0.3) is 0 Å². The van der Waals surface area contributed by atoms with E-state index in [2.05, 4.69) is 5.32 Å². The summed E-state index contributed by atoms with van der Waals surface area (Å²) in [6.45, 7) is -1.40. The number of likely N-dealkylation sites (N-methyl/N-ethyl adjacent to an activating group) is 1. The fourth-order valence-electron chi connectivity index (χ4n) is 1.30. The molecule has 1 heterocycles. The predicted molar refractivity (Wildman–Crippen MR) is 50.2 cm³/mol. The maximum atomic E-state index is 7.00. The standard InChI is InChI=1S/C10H13NO2/c1-11-5-4-8-2-3-9-10(6-8)13-7-12-9/h2-3,6,11H,4-5,7H2,1H3/i1D3. The van der Waals surface area contributed by atoms with Crippen molar-refractivity contribution in [1.29, 1.82) is 0 Å². The Morgan fingerprint density at radius 3 is 3.31 bits per heavy atom. The highest BCUT2D eigenvalue weighted by Crippen LogP contribution is 2.32. The van der Waals surface area contributed by atoms with Crippen molar-refractivity contribution < 1.29 is 13.6 Å². The van der Waals surface area contributed by atoms with Gasteiger partial charge in [-0.2, -0.15) is 0 Å². The lowest BCUT2D eigenvalue weighted by Crippen LogP contribution is -2.10. The van der Waals surface area contributed by atoms with Gasteiger partial charge in [0.2, 0.25) is 6.79 Å². The molecule has 1 aliphatic heterocycles. The number of rotatable bonds is 3. The van der Waals surface area contributed by atoms with Crippen molar-refractivity contribution in [3.8, 4) is 11.5 Å². The Kier molecular flexibility index (Phi) is 1.55. The maximum absolute atomic E-state index is 7.00. The maximum Gasteiger partial charge on any atom is 0.231 e. The Morgan fingerprint density at radius 2 is 2.38 bits per heavy atom. The lowest BCUT2D eigenvalue weighted by Gasteiger charge is -2.01. The Labute approximate surface area is 81.9 Å². The summed E-state index contributed by atoms with van der Waals surface area (Å²) in [4.78, 5) is 0. The quantitative estimate of drug-likeness (QED) is 0.761. The molecule has 0 spiro atoms. The molecule has 1 aliphatic rings. The van der Waals surface area contributed by atoms with E-state index >= 15 is 0 Å². The second-order valence-electron chi connectivity index (χ2n) is 2.86. The summed E-state index contributed by atoms with van der Waals surface area (Å²) < 4.78 is 31.4. The fourth-order valence-corrected chi connectivity index (χ4v) is 1.30. The van der Waals surface area contributed by atoms with Gasteiger partial charge in [-0.1, -0.05) is 6.07 Å². The van der Waals surface area contributed by atoms with Crippen molar-refractivity contribution in [2.24, 2.45) is 0 Å². The zero-order valence-electron chi connectivity index (χ0n) is 10.2. The molecular formula is C10H13NO2. The third kappa shape index (κ3) is 1.75. The van der Waals surface area contributed by atoms with Crippen LogP contribution in [0.15, 0.2) is 18.2 Å². The highest BCUT2D eigenvalue weighted by molar-refractivity contribution is 5.44. The van der Waals surface area contributed by atoms with Gasteiger partial charge in [-0.25, -0.2) is 0 Å². The van der Waals surface area contributed by atoms with Gasteiger partial charge < -0.3 is 14.8 Å². The molecule has 0 amide bonds. The van der Waals surface area contributed by atoms with Gasteiger partial charge in [0.05, 0.1) is 0 Å². The van der Waals surface area contributed by atoms with Gasteiger partial charge in [0.1, 0.15) is 0 Å². The molecule has 0 aliphatic carbocycles. The van der Waals surface area contributed by atoms with E-state index in [9.17, 15) is 0 Å². The largest absolute Gasteiger partial charge is 0.454 e. The summed E-state index contributed by atoms with van der Waals surface area (Å²) in [6.07, 6.45) is 0.648. The van der Waals surface area contributed by atoms with Crippen molar-refractivity contribution in [1.82, 2.24) is 5.32 Å². The first-order valence-electron chi connectivity index (χ1n) is 5.68. The van der Waals surface area contributed by atoms with Gasteiger partial charge in [-0.15, -0.1) is 0 Å². The van der Waals surface area contributed by atoms with Crippen LogP contribution in [-0.2, 0) is 6.42 Å². The van der Waals surface area contributed by atoms with Gasteiger partial charge in [-0.05, 0) is 37.6 Å². The van der Waals surface area contributed by atoms with E-state index in [-0.39, 0.29) is 6.79 Å². The summed E-state index contributed by atoms with van der Waals surface area (Å²) >= 11 is 0. The molecule has 1 aromatic rings. The molecule has 2 rings (SSSR count). The van der Waals surface area contributed by atoms with Gasteiger partial charge in [-0.3, -0.25) is 0 Å². The molecule has 0 saturated heterocycles. The predicted octanol–water partition coefficient (Wildman–Crippen LogP) is 1.18. The second kappa shape index (κ2) is 3.66. The van der Waals surface area contributed by atoms with E-state index in [0.29, 0.717) is 13.0 Å². The van der Waals surface area contributed by atoms with Crippen molar-refractivity contribution in [2.45, 2.75) is 6.42 Å². The molecule has 0 saturated carbocycles. The third-order valence-corrected chi connectivity index (χ3v) is 1.98. The van der Waals surface area contributed by atoms with Crippen LogP contribution in [0.4, 0.5) is 0 Å². The van der Waals surface area contributed by atoms with Crippen LogP contribution < -0.4 is 14.8 Å². The minimum atomic E-state index is -2.07. The average Bonchev–Trinajstić information content (AvgIpc) is 2.62. The smallest absolute Gasteiger partial charge is 0.231 e. The Balaban J connectivity index is 1.91. The van der Waals surface area contributed by atoms with E-state index in [1.54, 1.807) is 0 Å². The molecule has 70 valence electrons. The van der Waals surface area contributed by atoms with Crippen molar-refractivity contribution in [3.05, 3.63) is 23.8 Å². The van der Waals surface area contributed by atoms with Crippen LogP contribution in [0.1, 0.15) is 9.68 Å². The summed E-state index contributed by atoms with van der Waals surface area (Å²) in [5.41, 5.74) is 1.03. The zero-order valence-corrected chi connectivity index (χ0v) is 7.17. The molecule has 0 fully saturated rings. The zero-order chi connectivity index (χ0) is 11.6. The molecule has 3 heteroatoms.